The monoisotopic (exact) mass is 470 g/mol. The highest BCUT2D eigenvalue weighted by Gasteiger charge is 2.25. The Bertz CT molecular complexity index is 1070. The van der Waals surface area contributed by atoms with E-state index in [4.69, 9.17) is 4.99 Å². The van der Waals surface area contributed by atoms with Crippen LogP contribution in [-0.4, -0.2) is 27.7 Å². The van der Waals surface area contributed by atoms with Gasteiger partial charge in [-0.2, -0.15) is 0 Å². The molecule has 7 heteroatoms. The summed E-state index contributed by atoms with van der Waals surface area (Å²) in [7, 11) is 0. The van der Waals surface area contributed by atoms with E-state index >= 15 is 0 Å². The van der Waals surface area contributed by atoms with Gasteiger partial charge in [-0.05, 0) is 53.8 Å². The summed E-state index contributed by atoms with van der Waals surface area (Å²) in [4.78, 5) is 21.4. The molecule has 0 unspecified atom stereocenters. The zero-order valence-corrected chi connectivity index (χ0v) is 16.7. The number of carbonyl (C=O) groups is 1. The Balaban J connectivity index is 1.94. The van der Waals surface area contributed by atoms with Crippen molar-refractivity contribution in [3.8, 4) is 5.69 Å². The Hall–Kier alpha value is -2.55. The number of aliphatic imine (C=N–C) groups is 1. The average Bonchev–Trinajstić information content (AvgIpc) is 3.01. The van der Waals surface area contributed by atoms with Crippen molar-refractivity contribution in [3.63, 3.8) is 0 Å². The van der Waals surface area contributed by atoms with Crippen LogP contribution < -0.4 is 5.32 Å². The molecule has 5 nitrogen and oxygen atoms in total. The smallest absolute Gasteiger partial charge is 0.271 e. The molecule has 27 heavy (non-hydrogen) atoms. The topological polar surface area (TPSA) is 59.3 Å². The van der Waals surface area contributed by atoms with Crippen LogP contribution in [0.1, 0.15) is 34.2 Å². The van der Waals surface area contributed by atoms with E-state index in [0.717, 1.165) is 14.8 Å². The molecule has 1 aliphatic rings. The number of rotatable bonds is 3. The van der Waals surface area contributed by atoms with E-state index in [9.17, 15) is 9.18 Å². The number of aromatic nitrogens is 2. The predicted octanol–water partition coefficient (Wildman–Crippen LogP) is 3.72. The Kier molecular flexibility index (Phi) is 4.77. The van der Waals surface area contributed by atoms with Gasteiger partial charge >= 0.3 is 0 Å². The molecular weight excluding hydrogens is 454 g/mol. The molecular formula is C20H16FIN4O. The lowest BCUT2D eigenvalue weighted by Crippen LogP contribution is -2.24. The molecule has 2 heterocycles. The molecule has 1 aromatic heterocycles. The van der Waals surface area contributed by atoms with E-state index < -0.39 is 0 Å². The summed E-state index contributed by atoms with van der Waals surface area (Å²) in [5, 5.41) is 2.78. The summed E-state index contributed by atoms with van der Waals surface area (Å²) in [6.45, 7) is 2.66. The maximum Gasteiger partial charge on any atom is 0.271 e. The number of nitrogens with one attached hydrogen (secondary N) is 1. The highest BCUT2D eigenvalue weighted by Crippen LogP contribution is 2.28. The number of imidazole rings is 1. The Morgan fingerprint density at radius 3 is 2.85 bits per heavy atom. The first-order valence-electron chi connectivity index (χ1n) is 8.54. The van der Waals surface area contributed by atoms with Crippen molar-refractivity contribution in [3.05, 3.63) is 80.7 Å². The fourth-order valence-electron chi connectivity index (χ4n) is 3.20. The molecule has 0 aliphatic carbocycles. The molecule has 4 rings (SSSR count). The number of nitrogens with zero attached hydrogens (tertiary/aromatic N) is 3. The van der Waals surface area contributed by atoms with Gasteiger partial charge in [0.1, 0.15) is 12.1 Å². The summed E-state index contributed by atoms with van der Waals surface area (Å²) in [6, 6.07) is 12.4. The minimum absolute atomic E-state index is 0.233. The molecule has 2 aromatic carbocycles. The summed E-state index contributed by atoms with van der Waals surface area (Å²) in [6.07, 6.45) is 1.60. The molecule has 0 radical (unpaired) electrons. The molecule has 1 amide bonds. The van der Waals surface area contributed by atoms with Crippen molar-refractivity contribution in [1.29, 1.82) is 0 Å². The minimum atomic E-state index is -0.333. The van der Waals surface area contributed by atoms with Crippen molar-refractivity contribution in [1.82, 2.24) is 14.9 Å². The van der Waals surface area contributed by atoms with Crippen LogP contribution in [0.3, 0.4) is 0 Å². The van der Waals surface area contributed by atoms with Gasteiger partial charge in [0.15, 0.2) is 5.69 Å². The fraction of sp³-hybridized carbons (Fsp3) is 0.150. The lowest BCUT2D eigenvalue weighted by molar-refractivity contribution is 0.0950. The van der Waals surface area contributed by atoms with Crippen molar-refractivity contribution in [2.24, 2.45) is 4.99 Å². The van der Waals surface area contributed by atoms with E-state index in [2.05, 4.69) is 32.9 Å². The number of hydrogen-bond donors (Lipinski definition) is 1. The minimum Gasteiger partial charge on any atom is -0.351 e. The maximum absolute atomic E-state index is 14.1. The van der Waals surface area contributed by atoms with Gasteiger partial charge in [0, 0.05) is 21.2 Å². The van der Waals surface area contributed by atoms with Crippen LogP contribution in [0.25, 0.3) is 5.69 Å². The molecule has 136 valence electrons. The van der Waals surface area contributed by atoms with E-state index in [0.29, 0.717) is 29.2 Å². The largest absolute Gasteiger partial charge is 0.351 e. The van der Waals surface area contributed by atoms with Gasteiger partial charge in [-0.15, -0.1) is 0 Å². The number of halogens is 2. The van der Waals surface area contributed by atoms with Gasteiger partial charge in [-0.25, -0.2) is 9.37 Å². The van der Waals surface area contributed by atoms with Gasteiger partial charge in [-0.1, -0.05) is 18.2 Å². The van der Waals surface area contributed by atoms with Crippen molar-refractivity contribution in [2.75, 3.05) is 6.54 Å². The molecule has 0 bridgehead atoms. The maximum atomic E-state index is 14.1. The SMILES string of the molecule is CCNC(=O)c1ncn2c1CN=C(c1ccccc1[123I])c1cc(F)ccc1-2. The Morgan fingerprint density at radius 2 is 2.07 bits per heavy atom. The van der Waals surface area contributed by atoms with Crippen molar-refractivity contribution < 1.29 is 9.18 Å². The summed E-state index contributed by atoms with van der Waals surface area (Å²) < 4.78 is 16.9. The van der Waals surface area contributed by atoms with Crippen LogP contribution in [0, 0.1) is 9.39 Å². The quantitative estimate of drug-likeness (QED) is 0.594. The number of benzene rings is 2. The summed E-state index contributed by atoms with van der Waals surface area (Å²) in [5.74, 6) is -0.567. The molecule has 1 N–H and O–H groups in total. The van der Waals surface area contributed by atoms with Crippen molar-refractivity contribution >= 4 is 34.2 Å². The van der Waals surface area contributed by atoms with Crippen molar-refractivity contribution in [2.45, 2.75) is 13.5 Å². The molecule has 0 saturated heterocycles. The van der Waals surface area contributed by atoms with Gasteiger partial charge < -0.3 is 5.32 Å². The van der Waals surface area contributed by atoms with Gasteiger partial charge in [-0.3, -0.25) is 14.4 Å². The van der Waals surface area contributed by atoms with Crippen LogP contribution in [0.5, 0.6) is 0 Å². The van der Waals surface area contributed by atoms with Crippen LogP contribution in [0.2, 0.25) is 0 Å². The standard InChI is InChI=1S/C20H16FIN4O/c1-2-23-20(27)19-17-10-24-18(13-5-3-4-6-15(13)22)14-9-12(21)7-8-16(14)26(17)11-25-19/h3-9,11H,2,10H2,1H3,(H,23,27)/i22-4. The lowest BCUT2D eigenvalue weighted by Gasteiger charge is -2.13. The first-order chi connectivity index (χ1) is 13.1. The molecule has 1 aliphatic heterocycles. The van der Waals surface area contributed by atoms with E-state index in [1.165, 1.54) is 12.1 Å². The second-order valence-electron chi connectivity index (χ2n) is 6.08. The van der Waals surface area contributed by atoms with Crippen LogP contribution in [0.15, 0.2) is 53.8 Å². The third kappa shape index (κ3) is 3.16. The third-order valence-corrected chi connectivity index (χ3v) is 5.35. The zero-order chi connectivity index (χ0) is 19.0. The molecule has 0 fully saturated rings. The number of amides is 1. The highest BCUT2D eigenvalue weighted by atomic mass is 123. The summed E-state index contributed by atoms with van der Waals surface area (Å²) >= 11 is 2.25. The molecule has 0 spiro atoms. The lowest BCUT2D eigenvalue weighted by atomic mass is 10.0. The first-order valence-corrected chi connectivity index (χ1v) is 9.62. The Morgan fingerprint density at radius 1 is 1.26 bits per heavy atom. The first kappa shape index (κ1) is 17.8. The number of hydrogen-bond acceptors (Lipinski definition) is 3. The second kappa shape index (κ2) is 7.22. The van der Waals surface area contributed by atoms with Gasteiger partial charge in [0.05, 0.1) is 23.6 Å². The number of carbonyl (C=O) groups excluding carboxylic acids is 1. The Labute approximate surface area is 169 Å². The van der Waals surface area contributed by atoms with Crippen LogP contribution >= 0.6 is 22.6 Å². The van der Waals surface area contributed by atoms with Gasteiger partial charge in [0.2, 0.25) is 0 Å². The zero-order valence-electron chi connectivity index (χ0n) is 14.5. The normalized spacial score (nSPS) is 12.6. The van der Waals surface area contributed by atoms with E-state index in [1.807, 2.05) is 35.8 Å². The van der Waals surface area contributed by atoms with Crippen LogP contribution in [-0.2, 0) is 6.54 Å². The predicted molar refractivity (Wildman–Crippen MR) is 110 cm³/mol. The molecule has 0 saturated carbocycles. The number of fused-ring (bicyclic) bond motifs is 3. The van der Waals surface area contributed by atoms with Crippen LogP contribution in [0.4, 0.5) is 4.39 Å². The fourth-order valence-corrected chi connectivity index (χ4v) is 3.84. The van der Waals surface area contributed by atoms with E-state index in [1.54, 1.807) is 12.4 Å². The second-order valence-corrected chi connectivity index (χ2v) is 7.24. The molecule has 3 aromatic rings. The van der Waals surface area contributed by atoms with E-state index in [-0.39, 0.29) is 18.3 Å². The average molecular weight is 470 g/mol. The third-order valence-electron chi connectivity index (χ3n) is 4.41. The van der Waals surface area contributed by atoms with Gasteiger partial charge in [0.25, 0.3) is 5.91 Å². The summed E-state index contributed by atoms with van der Waals surface area (Å²) in [5.41, 5.74) is 4.11. The highest BCUT2D eigenvalue weighted by molar-refractivity contribution is 14.1. The molecule has 0 atom stereocenters.